The van der Waals surface area contributed by atoms with Crippen LogP contribution in [0.3, 0.4) is 0 Å². The molecule has 3 rings (SSSR count). The number of amides is 2. The van der Waals surface area contributed by atoms with Crippen molar-refractivity contribution < 1.29 is 29.0 Å². The van der Waals surface area contributed by atoms with Crippen LogP contribution in [0.1, 0.15) is 56.6 Å². The number of carboxylic acid groups (broad SMARTS) is 1. The van der Waals surface area contributed by atoms with Crippen molar-refractivity contribution in [1.82, 2.24) is 10.6 Å². The molecule has 8 heteroatoms. The Morgan fingerprint density at radius 1 is 0.971 bits per heavy atom. The van der Waals surface area contributed by atoms with Crippen LogP contribution in [0.5, 0.6) is 0 Å². The van der Waals surface area contributed by atoms with E-state index in [1.165, 1.54) is 0 Å². The first kappa shape index (κ1) is 26.2. The summed E-state index contributed by atoms with van der Waals surface area (Å²) < 4.78 is 11.2. The molecule has 0 saturated carbocycles. The summed E-state index contributed by atoms with van der Waals surface area (Å²) in [5.41, 5.74) is 4.58. The Labute approximate surface area is 206 Å². The standard InChI is InChI=1S/C27H34N2O6/c1-3-9-18(14-26(31)32)29-25(30)15-19(34-4-2)16-28-27(33)35-17-24-22-12-7-5-10-20(22)21-11-6-8-13-23(21)24/h5-8,10-13,18-19,24H,3-4,9,14-17H2,1-2H3,(H,28,33)(H,29,30)(H,31,32)/t18-,19?/m1/s1. The Morgan fingerprint density at radius 2 is 1.60 bits per heavy atom. The smallest absolute Gasteiger partial charge is 0.407 e. The summed E-state index contributed by atoms with van der Waals surface area (Å²) in [6, 6.07) is 15.8. The van der Waals surface area contributed by atoms with Crippen molar-refractivity contribution in [1.29, 1.82) is 0 Å². The number of ether oxygens (including phenoxy) is 2. The van der Waals surface area contributed by atoms with Gasteiger partial charge in [-0.15, -0.1) is 0 Å². The molecule has 0 fully saturated rings. The molecule has 0 aromatic heterocycles. The third kappa shape index (κ3) is 7.29. The van der Waals surface area contributed by atoms with Gasteiger partial charge in [0, 0.05) is 25.1 Å². The van der Waals surface area contributed by atoms with E-state index >= 15 is 0 Å². The summed E-state index contributed by atoms with van der Waals surface area (Å²) in [6.07, 6.45) is 0.0966. The number of nitrogens with one attached hydrogen (secondary N) is 2. The fourth-order valence-electron chi connectivity index (χ4n) is 4.55. The minimum atomic E-state index is -0.956. The zero-order chi connectivity index (χ0) is 25.2. The maximum Gasteiger partial charge on any atom is 0.407 e. The second kappa shape index (κ2) is 12.9. The van der Waals surface area contributed by atoms with Crippen LogP contribution in [0.15, 0.2) is 48.5 Å². The molecule has 1 aliphatic rings. The first-order valence-electron chi connectivity index (χ1n) is 12.1. The molecule has 2 atom stereocenters. The van der Waals surface area contributed by atoms with Gasteiger partial charge in [-0.05, 0) is 35.6 Å². The molecule has 0 radical (unpaired) electrons. The Morgan fingerprint density at radius 3 is 2.17 bits per heavy atom. The highest BCUT2D eigenvalue weighted by Gasteiger charge is 2.29. The van der Waals surface area contributed by atoms with Crippen LogP contribution >= 0.6 is 0 Å². The number of carbonyl (C=O) groups excluding carboxylic acids is 2. The lowest BCUT2D eigenvalue weighted by molar-refractivity contribution is -0.137. The normalized spacial score (nSPS) is 13.9. The van der Waals surface area contributed by atoms with Crippen molar-refractivity contribution in [3.8, 4) is 11.1 Å². The second-order valence-electron chi connectivity index (χ2n) is 8.64. The lowest BCUT2D eigenvalue weighted by Gasteiger charge is -2.21. The first-order chi connectivity index (χ1) is 16.9. The van der Waals surface area contributed by atoms with E-state index in [0.29, 0.717) is 13.0 Å². The van der Waals surface area contributed by atoms with Crippen LogP contribution in [0.4, 0.5) is 4.79 Å². The largest absolute Gasteiger partial charge is 0.481 e. The summed E-state index contributed by atoms with van der Waals surface area (Å²) in [7, 11) is 0. The summed E-state index contributed by atoms with van der Waals surface area (Å²) in [6.45, 7) is 4.42. The molecular weight excluding hydrogens is 448 g/mol. The predicted molar refractivity (Wildman–Crippen MR) is 132 cm³/mol. The van der Waals surface area contributed by atoms with E-state index in [4.69, 9.17) is 14.6 Å². The number of alkyl carbamates (subject to hydrolysis) is 1. The van der Waals surface area contributed by atoms with Crippen molar-refractivity contribution in [3.63, 3.8) is 0 Å². The molecule has 2 amide bonds. The zero-order valence-electron chi connectivity index (χ0n) is 20.3. The fourth-order valence-corrected chi connectivity index (χ4v) is 4.55. The van der Waals surface area contributed by atoms with Gasteiger partial charge in [0.1, 0.15) is 6.61 Å². The van der Waals surface area contributed by atoms with Crippen LogP contribution in [-0.4, -0.2) is 55.0 Å². The van der Waals surface area contributed by atoms with Gasteiger partial charge in [0.05, 0.1) is 18.9 Å². The molecular formula is C27H34N2O6. The minimum Gasteiger partial charge on any atom is -0.481 e. The van der Waals surface area contributed by atoms with Crippen LogP contribution in [0.2, 0.25) is 0 Å². The quantitative estimate of drug-likeness (QED) is 0.396. The number of hydrogen-bond donors (Lipinski definition) is 3. The van der Waals surface area contributed by atoms with Gasteiger partial charge in [-0.1, -0.05) is 61.9 Å². The van der Waals surface area contributed by atoms with Crippen molar-refractivity contribution in [2.75, 3.05) is 19.8 Å². The van der Waals surface area contributed by atoms with E-state index in [9.17, 15) is 14.4 Å². The Bertz CT molecular complexity index is 979. The number of aliphatic carboxylic acids is 1. The Kier molecular flexibility index (Phi) is 9.66. The number of carboxylic acids is 1. The molecule has 0 heterocycles. The van der Waals surface area contributed by atoms with Crippen molar-refractivity contribution in [2.24, 2.45) is 0 Å². The van der Waals surface area contributed by atoms with Gasteiger partial charge in [-0.3, -0.25) is 9.59 Å². The van der Waals surface area contributed by atoms with Crippen LogP contribution in [-0.2, 0) is 19.1 Å². The zero-order valence-corrected chi connectivity index (χ0v) is 20.3. The van der Waals surface area contributed by atoms with E-state index in [2.05, 4.69) is 34.9 Å². The van der Waals surface area contributed by atoms with Gasteiger partial charge in [0.15, 0.2) is 0 Å². The first-order valence-corrected chi connectivity index (χ1v) is 12.1. The molecule has 0 aliphatic heterocycles. The lowest BCUT2D eigenvalue weighted by atomic mass is 9.98. The summed E-state index contributed by atoms with van der Waals surface area (Å²) in [5, 5.41) is 14.5. The third-order valence-electron chi connectivity index (χ3n) is 6.06. The number of fused-ring (bicyclic) bond motifs is 3. The van der Waals surface area contributed by atoms with E-state index in [-0.39, 0.29) is 37.8 Å². The summed E-state index contributed by atoms with van der Waals surface area (Å²) in [4.78, 5) is 35.9. The highest BCUT2D eigenvalue weighted by molar-refractivity contribution is 5.79. The number of benzene rings is 2. The Balaban J connectivity index is 1.51. The molecule has 3 N–H and O–H groups in total. The molecule has 1 unspecified atom stereocenters. The van der Waals surface area contributed by atoms with Gasteiger partial charge in [0.2, 0.25) is 5.91 Å². The average molecular weight is 483 g/mol. The molecule has 8 nitrogen and oxygen atoms in total. The van der Waals surface area contributed by atoms with E-state index in [1.54, 1.807) is 0 Å². The van der Waals surface area contributed by atoms with Gasteiger partial charge in [0.25, 0.3) is 0 Å². The number of rotatable bonds is 13. The molecule has 0 saturated heterocycles. The van der Waals surface area contributed by atoms with Gasteiger partial charge in [-0.2, -0.15) is 0 Å². The molecule has 2 aromatic rings. The summed E-state index contributed by atoms with van der Waals surface area (Å²) >= 11 is 0. The van der Waals surface area contributed by atoms with E-state index in [1.807, 2.05) is 38.1 Å². The maximum absolute atomic E-state index is 12.4. The predicted octanol–water partition coefficient (Wildman–Crippen LogP) is 4.08. The SMILES string of the molecule is CCC[C@H](CC(=O)O)NC(=O)CC(CNC(=O)OCC1c2ccccc2-c2ccccc21)OCC. The average Bonchev–Trinajstić information content (AvgIpc) is 3.15. The minimum absolute atomic E-state index is 0.0112. The summed E-state index contributed by atoms with van der Waals surface area (Å²) in [5.74, 6) is -1.30. The van der Waals surface area contributed by atoms with Crippen LogP contribution < -0.4 is 10.6 Å². The van der Waals surface area contributed by atoms with E-state index < -0.39 is 24.2 Å². The highest BCUT2D eigenvalue weighted by atomic mass is 16.5. The van der Waals surface area contributed by atoms with Gasteiger partial charge >= 0.3 is 12.1 Å². The fraction of sp³-hybridized carbons (Fsp3) is 0.444. The van der Waals surface area contributed by atoms with Gasteiger partial charge < -0.3 is 25.2 Å². The molecule has 188 valence electrons. The monoisotopic (exact) mass is 482 g/mol. The molecule has 0 bridgehead atoms. The van der Waals surface area contributed by atoms with Gasteiger partial charge in [-0.25, -0.2) is 4.79 Å². The van der Waals surface area contributed by atoms with Crippen LogP contribution in [0.25, 0.3) is 11.1 Å². The number of carbonyl (C=O) groups is 3. The Hall–Kier alpha value is -3.39. The molecule has 35 heavy (non-hydrogen) atoms. The van der Waals surface area contributed by atoms with Crippen molar-refractivity contribution in [2.45, 2.75) is 57.6 Å². The van der Waals surface area contributed by atoms with E-state index in [0.717, 1.165) is 28.7 Å². The second-order valence-corrected chi connectivity index (χ2v) is 8.64. The number of hydrogen-bond acceptors (Lipinski definition) is 5. The van der Waals surface area contributed by atoms with Crippen molar-refractivity contribution >= 4 is 18.0 Å². The maximum atomic E-state index is 12.4. The molecule has 2 aromatic carbocycles. The van der Waals surface area contributed by atoms with Crippen LogP contribution in [0, 0.1) is 0 Å². The highest BCUT2D eigenvalue weighted by Crippen LogP contribution is 2.44. The third-order valence-corrected chi connectivity index (χ3v) is 6.06. The lowest BCUT2D eigenvalue weighted by Crippen LogP contribution is -2.41. The topological polar surface area (TPSA) is 114 Å². The molecule has 1 aliphatic carbocycles. The van der Waals surface area contributed by atoms with Crippen molar-refractivity contribution in [3.05, 3.63) is 59.7 Å². The molecule has 0 spiro atoms.